The number of benzene rings is 3. The largest absolute Gasteiger partial charge is 0.455 e. The number of carbonyl (C=O) groups excluding carboxylic acids is 2. The van der Waals surface area contributed by atoms with E-state index in [1.807, 2.05) is 31.2 Å². The number of para-hydroxylation sites is 2. The molecular formula is C23H22FN3O3. The van der Waals surface area contributed by atoms with E-state index in [0.29, 0.717) is 17.2 Å². The molecule has 0 unspecified atom stereocenters. The van der Waals surface area contributed by atoms with Crippen molar-refractivity contribution in [3.8, 4) is 11.5 Å². The first kappa shape index (κ1) is 20.9. The zero-order valence-corrected chi connectivity index (χ0v) is 16.4. The number of primary amides is 1. The number of nitrogens with one attached hydrogen (secondary N) is 2. The minimum Gasteiger partial charge on any atom is -0.455 e. The lowest BCUT2D eigenvalue weighted by Gasteiger charge is -2.19. The van der Waals surface area contributed by atoms with Crippen molar-refractivity contribution in [3.05, 3.63) is 89.7 Å². The fourth-order valence-corrected chi connectivity index (χ4v) is 2.95. The Kier molecular flexibility index (Phi) is 6.64. The highest BCUT2D eigenvalue weighted by Gasteiger charge is 2.21. The Labute approximate surface area is 173 Å². The Balaban J connectivity index is 1.75. The average molecular weight is 407 g/mol. The molecule has 4 N–H and O–H groups in total. The molecule has 0 spiro atoms. The van der Waals surface area contributed by atoms with Gasteiger partial charge in [-0.25, -0.2) is 9.18 Å². The number of hydrogen-bond acceptors (Lipinski definition) is 3. The van der Waals surface area contributed by atoms with Crippen molar-refractivity contribution < 1.29 is 18.7 Å². The molecule has 0 fully saturated rings. The number of ether oxygens (including phenoxy) is 1. The van der Waals surface area contributed by atoms with Crippen LogP contribution < -0.4 is 21.1 Å². The van der Waals surface area contributed by atoms with Gasteiger partial charge >= 0.3 is 6.03 Å². The van der Waals surface area contributed by atoms with Gasteiger partial charge in [-0.1, -0.05) is 48.0 Å². The third kappa shape index (κ3) is 5.57. The number of carbonyl (C=O) groups is 2. The Hall–Kier alpha value is -3.87. The molecule has 0 saturated heterocycles. The van der Waals surface area contributed by atoms with E-state index in [1.165, 1.54) is 18.2 Å². The number of halogens is 1. The monoisotopic (exact) mass is 407 g/mol. The SMILES string of the molecule is Cc1ccc(Oc2ccccc2NC(=O)C[C@H](NC(N)=O)c2ccccc2F)cc1. The predicted octanol–water partition coefficient (Wildman–Crippen LogP) is 4.66. The summed E-state index contributed by atoms with van der Waals surface area (Å²) in [4.78, 5) is 24.0. The molecule has 6 nitrogen and oxygen atoms in total. The molecule has 0 aromatic heterocycles. The van der Waals surface area contributed by atoms with Crippen molar-refractivity contribution in [2.45, 2.75) is 19.4 Å². The van der Waals surface area contributed by atoms with Crippen molar-refractivity contribution >= 4 is 17.6 Å². The number of anilines is 1. The summed E-state index contributed by atoms with van der Waals surface area (Å²) in [6.45, 7) is 1.98. The first-order chi connectivity index (χ1) is 14.4. The summed E-state index contributed by atoms with van der Waals surface area (Å²) in [6, 6.07) is 18.6. The lowest BCUT2D eigenvalue weighted by atomic mass is 10.0. The van der Waals surface area contributed by atoms with Crippen molar-refractivity contribution in [1.29, 1.82) is 0 Å². The van der Waals surface area contributed by atoms with Crippen LogP contribution in [0.25, 0.3) is 0 Å². The fourth-order valence-electron chi connectivity index (χ4n) is 2.95. The van der Waals surface area contributed by atoms with E-state index in [1.54, 1.807) is 30.3 Å². The highest BCUT2D eigenvalue weighted by molar-refractivity contribution is 5.93. The van der Waals surface area contributed by atoms with Gasteiger partial charge < -0.3 is 21.1 Å². The van der Waals surface area contributed by atoms with Crippen molar-refractivity contribution in [2.24, 2.45) is 5.73 Å². The minimum absolute atomic E-state index is 0.177. The van der Waals surface area contributed by atoms with Gasteiger partial charge in [-0.05, 0) is 37.3 Å². The first-order valence-electron chi connectivity index (χ1n) is 9.36. The van der Waals surface area contributed by atoms with Gasteiger partial charge in [0.15, 0.2) is 5.75 Å². The predicted molar refractivity (Wildman–Crippen MR) is 113 cm³/mol. The number of urea groups is 1. The second-order valence-corrected chi connectivity index (χ2v) is 6.75. The first-order valence-corrected chi connectivity index (χ1v) is 9.36. The summed E-state index contributed by atoms with van der Waals surface area (Å²) in [6.07, 6.45) is -0.206. The lowest BCUT2D eigenvalue weighted by Crippen LogP contribution is -2.35. The molecule has 3 amide bonds. The Morgan fingerprint density at radius 3 is 2.37 bits per heavy atom. The minimum atomic E-state index is -0.908. The summed E-state index contributed by atoms with van der Waals surface area (Å²) in [5.41, 5.74) is 6.94. The highest BCUT2D eigenvalue weighted by Crippen LogP contribution is 2.30. The second kappa shape index (κ2) is 9.56. The molecule has 1 atom stereocenters. The van der Waals surface area contributed by atoms with Crippen LogP contribution in [-0.4, -0.2) is 11.9 Å². The standard InChI is InChI=1S/C23H22FN3O3/c1-15-10-12-16(13-11-15)30-21-9-5-4-8-19(21)26-22(28)14-20(27-23(25)29)17-6-2-3-7-18(17)24/h2-13,20H,14H2,1H3,(H,26,28)(H3,25,27,29)/t20-/m0/s1. The van der Waals surface area contributed by atoms with Crippen LogP contribution in [0.4, 0.5) is 14.9 Å². The number of hydrogen-bond donors (Lipinski definition) is 3. The van der Waals surface area contributed by atoms with Crippen LogP contribution in [0.15, 0.2) is 72.8 Å². The molecule has 0 aliphatic carbocycles. The Morgan fingerprint density at radius 1 is 1.00 bits per heavy atom. The normalized spacial score (nSPS) is 11.4. The van der Waals surface area contributed by atoms with Gasteiger partial charge in [0.2, 0.25) is 5.91 Å². The number of nitrogens with two attached hydrogens (primary N) is 1. The molecule has 3 aromatic rings. The third-order valence-electron chi connectivity index (χ3n) is 4.40. The van der Waals surface area contributed by atoms with E-state index in [-0.39, 0.29) is 12.0 Å². The van der Waals surface area contributed by atoms with Gasteiger partial charge in [0, 0.05) is 5.56 Å². The van der Waals surface area contributed by atoms with Crippen molar-refractivity contribution in [2.75, 3.05) is 5.32 Å². The van der Waals surface area contributed by atoms with Gasteiger partial charge in [-0.15, -0.1) is 0 Å². The van der Waals surface area contributed by atoms with Crippen LogP contribution in [0, 0.1) is 12.7 Å². The molecule has 154 valence electrons. The number of amides is 3. The molecule has 30 heavy (non-hydrogen) atoms. The summed E-state index contributed by atoms with van der Waals surface area (Å²) in [5, 5.41) is 5.18. The van der Waals surface area contributed by atoms with E-state index >= 15 is 0 Å². The number of aryl methyl sites for hydroxylation is 1. The van der Waals surface area contributed by atoms with Gasteiger partial charge in [-0.3, -0.25) is 4.79 Å². The fraction of sp³-hybridized carbons (Fsp3) is 0.130. The van der Waals surface area contributed by atoms with Gasteiger partial charge in [0.1, 0.15) is 11.6 Å². The van der Waals surface area contributed by atoms with Crippen LogP contribution in [0.1, 0.15) is 23.6 Å². The van der Waals surface area contributed by atoms with E-state index in [2.05, 4.69) is 10.6 Å². The molecule has 0 aliphatic heterocycles. The molecule has 0 aliphatic rings. The lowest BCUT2D eigenvalue weighted by molar-refractivity contribution is -0.116. The van der Waals surface area contributed by atoms with Crippen molar-refractivity contribution in [3.63, 3.8) is 0 Å². The molecule has 0 saturated carbocycles. The van der Waals surface area contributed by atoms with E-state index in [4.69, 9.17) is 10.5 Å². The average Bonchev–Trinajstić information content (AvgIpc) is 2.71. The topological polar surface area (TPSA) is 93.4 Å². The molecule has 0 heterocycles. The zero-order chi connectivity index (χ0) is 21.5. The smallest absolute Gasteiger partial charge is 0.312 e. The molecule has 3 rings (SSSR count). The Bertz CT molecular complexity index is 1040. The van der Waals surface area contributed by atoms with Gasteiger partial charge in [-0.2, -0.15) is 0 Å². The van der Waals surface area contributed by atoms with Crippen LogP contribution in [-0.2, 0) is 4.79 Å². The van der Waals surface area contributed by atoms with E-state index < -0.39 is 23.8 Å². The van der Waals surface area contributed by atoms with E-state index in [0.717, 1.165) is 5.56 Å². The van der Waals surface area contributed by atoms with Gasteiger partial charge in [0.05, 0.1) is 18.2 Å². The molecule has 0 radical (unpaired) electrons. The van der Waals surface area contributed by atoms with Crippen LogP contribution in [0.3, 0.4) is 0 Å². The molecular weight excluding hydrogens is 385 g/mol. The maximum absolute atomic E-state index is 14.2. The van der Waals surface area contributed by atoms with Crippen molar-refractivity contribution in [1.82, 2.24) is 5.32 Å². The Morgan fingerprint density at radius 2 is 1.67 bits per heavy atom. The summed E-state index contributed by atoms with van der Waals surface area (Å²) < 4.78 is 20.0. The van der Waals surface area contributed by atoms with Crippen LogP contribution in [0.2, 0.25) is 0 Å². The highest BCUT2D eigenvalue weighted by atomic mass is 19.1. The summed E-state index contributed by atoms with van der Waals surface area (Å²) in [7, 11) is 0. The summed E-state index contributed by atoms with van der Waals surface area (Å²) >= 11 is 0. The van der Waals surface area contributed by atoms with Gasteiger partial charge in [0.25, 0.3) is 0 Å². The molecule has 7 heteroatoms. The molecule has 0 bridgehead atoms. The number of rotatable bonds is 7. The van der Waals surface area contributed by atoms with Crippen LogP contribution >= 0.6 is 0 Å². The zero-order valence-electron chi connectivity index (χ0n) is 16.4. The molecule has 3 aromatic carbocycles. The van der Waals surface area contributed by atoms with E-state index in [9.17, 15) is 14.0 Å². The second-order valence-electron chi connectivity index (χ2n) is 6.75. The quantitative estimate of drug-likeness (QED) is 0.531. The van der Waals surface area contributed by atoms with Crippen LogP contribution in [0.5, 0.6) is 11.5 Å². The third-order valence-corrected chi connectivity index (χ3v) is 4.40. The summed E-state index contributed by atoms with van der Waals surface area (Å²) in [5.74, 6) is 0.117. The maximum atomic E-state index is 14.2. The maximum Gasteiger partial charge on any atom is 0.312 e.